The van der Waals surface area contributed by atoms with Crippen LogP contribution >= 0.6 is 27.3 Å². The van der Waals surface area contributed by atoms with Crippen LogP contribution in [0.25, 0.3) is 0 Å². The van der Waals surface area contributed by atoms with Crippen LogP contribution in [0.3, 0.4) is 0 Å². The Labute approximate surface area is 108 Å². The van der Waals surface area contributed by atoms with Crippen molar-refractivity contribution in [3.63, 3.8) is 0 Å². The standard InChI is InChI=1S/C11H14BrNO2S/c1-3-15-11(14)8(2)6-13-7-10-9(12)4-5-16-10/h4-5,13H,2-3,6-7H2,1H3. The molecule has 0 aromatic carbocycles. The second-order valence-electron chi connectivity index (χ2n) is 3.12. The SMILES string of the molecule is C=C(CNCc1sccc1Br)C(=O)OCC. The van der Waals surface area contributed by atoms with Gasteiger partial charge in [0.1, 0.15) is 0 Å². The predicted molar refractivity (Wildman–Crippen MR) is 69.5 cm³/mol. The first-order chi connectivity index (χ1) is 7.65. The Balaban J connectivity index is 2.28. The number of halogens is 1. The Morgan fingerprint density at radius 3 is 3.00 bits per heavy atom. The molecule has 1 rings (SSSR count). The molecule has 88 valence electrons. The summed E-state index contributed by atoms with van der Waals surface area (Å²) in [4.78, 5) is 12.4. The lowest BCUT2D eigenvalue weighted by molar-refractivity contribution is -0.138. The van der Waals surface area contributed by atoms with Crippen molar-refractivity contribution in [2.75, 3.05) is 13.2 Å². The fourth-order valence-corrected chi connectivity index (χ4v) is 2.55. The van der Waals surface area contributed by atoms with Crippen LogP contribution in [-0.4, -0.2) is 19.1 Å². The van der Waals surface area contributed by atoms with Crippen molar-refractivity contribution in [2.45, 2.75) is 13.5 Å². The van der Waals surface area contributed by atoms with Gasteiger partial charge in [0.15, 0.2) is 0 Å². The lowest BCUT2D eigenvalue weighted by atomic mass is 10.3. The lowest BCUT2D eigenvalue weighted by Crippen LogP contribution is -2.21. The highest BCUT2D eigenvalue weighted by atomic mass is 79.9. The lowest BCUT2D eigenvalue weighted by Gasteiger charge is -2.06. The third-order valence-corrected chi connectivity index (χ3v) is 3.81. The molecule has 0 amide bonds. The summed E-state index contributed by atoms with van der Waals surface area (Å²) in [6.07, 6.45) is 0. The summed E-state index contributed by atoms with van der Waals surface area (Å²) < 4.78 is 5.92. The van der Waals surface area contributed by atoms with Crippen LogP contribution in [0.5, 0.6) is 0 Å². The maximum Gasteiger partial charge on any atom is 0.334 e. The van der Waals surface area contributed by atoms with Crippen LogP contribution in [0.1, 0.15) is 11.8 Å². The molecule has 0 unspecified atom stereocenters. The molecule has 1 aromatic heterocycles. The minimum absolute atomic E-state index is 0.333. The maximum atomic E-state index is 11.2. The van der Waals surface area contributed by atoms with Crippen LogP contribution in [-0.2, 0) is 16.1 Å². The van der Waals surface area contributed by atoms with E-state index in [1.54, 1.807) is 18.3 Å². The van der Waals surface area contributed by atoms with E-state index < -0.39 is 0 Å². The molecular weight excluding hydrogens is 290 g/mol. The maximum absolute atomic E-state index is 11.2. The third kappa shape index (κ3) is 4.08. The molecule has 16 heavy (non-hydrogen) atoms. The van der Waals surface area contributed by atoms with Gasteiger partial charge in [-0.1, -0.05) is 6.58 Å². The molecule has 0 bridgehead atoms. The predicted octanol–water partition coefficient (Wildman–Crippen LogP) is 2.72. The van der Waals surface area contributed by atoms with E-state index in [4.69, 9.17) is 4.74 Å². The van der Waals surface area contributed by atoms with Crippen LogP contribution in [0.2, 0.25) is 0 Å². The second kappa shape index (κ2) is 6.83. The fraction of sp³-hybridized carbons (Fsp3) is 0.364. The minimum atomic E-state index is -0.333. The molecule has 0 saturated carbocycles. The number of carbonyl (C=O) groups is 1. The number of ether oxygens (including phenoxy) is 1. The van der Waals surface area contributed by atoms with Gasteiger partial charge in [-0.2, -0.15) is 0 Å². The summed E-state index contributed by atoms with van der Waals surface area (Å²) in [5.74, 6) is -0.333. The van der Waals surface area contributed by atoms with Crippen LogP contribution in [0, 0.1) is 0 Å². The zero-order valence-electron chi connectivity index (χ0n) is 9.09. The van der Waals surface area contributed by atoms with Crippen LogP contribution < -0.4 is 5.32 Å². The summed E-state index contributed by atoms with van der Waals surface area (Å²) in [6.45, 7) is 7.00. The molecule has 0 aliphatic rings. The first kappa shape index (κ1) is 13.4. The van der Waals surface area contributed by atoms with Crippen molar-refractivity contribution < 1.29 is 9.53 Å². The Kier molecular flexibility index (Phi) is 5.73. The second-order valence-corrected chi connectivity index (χ2v) is 4.97. The minimum Gasteiger partial charge on any atom is -0.463 e. The quantitative estimate of drug-likeness (QED) is 0.649. The van der Waals surface area contributed by atoms with Gasteiger partial charge in [0.05, 0.1) is 6.61 Å². The molecule has 0 radical (unpaired) electrons. The van der Waals surface area contributed by atoms with Crippen molar-refractivity contribution in [1.29, 1.82) is 0 Å². The van der Waals surface area contributed by atoms with Crippen molar-refractivity contribution >= 4 is 33.2 Å². The largest absolute Gasteiger partial charge is 0.463 e. The molecule has 0 fully saturated rings. The average Bonchev–Trinajstić information content (AvgIpc) is 2.65. The Hall–Kier alpha value is -0.650. The van der Waals surface area contributed by atoms with Gasteiger partial charge in [-0.05, 0) is 34.3 Å². The van der Waals surface area contributed by atoms with Crippen molar-refractivity contribution in [1.82, 2.24) is 5.32 Å². The summed E-state index contributed by atoms with van der Waals surface area (Å²) in [7, 11) is 0. The number of rotatable bonds is 6. The zero-order chi connectivity index (χ0) is 12.0. The molecule has 1 aromatic rings. The van der Waals surface area contributed by atoms with Crippen LogP contribution in [0.4, 0.5) is 0 Å². The molecule has 0 saturated heterocycles. The molecule has 3 nitrogen and oxygen atoms in total. The highest BCUT2D eigenvalue weighted by Crippen LogP contribution is 2.22. The number of hydrogen-bond acceptors (Lipinski definition) is 4. The average molecular weight is 304 g/mol. The number of nitrogens with one attached hydrogen (secondary N) is 1. The topological polar surface area (TPSA) is 38.3 Å². The molecule has 0 spiro atoms. The zero-order valence-corrected chi connectivity index (χ0v) is 11.5. The van der Waals surface area contributed by atoms with Crippen molar-refractivity contribution in [3.05, 3.63) is 32.9 Å². The van der Waals surface area contributed by atoms with E-state index in [0.717, 1.165) is 11.0 Å². The highest BCUT2D eigenvalue weighted by Gasteiger charge is 2.07. The van der Waals surface area contributed by atoms with Gasteiger partial charge in [-0.15, -0.1) is 11.3 Å². The van der Waals surface area contributed by atoms with E-state index in [9.17, 15) is 4.79 Å². The third-order valence-electron chi connectivity index (χ3n) is 1.88. The normalized spacial score (nSPS) is 10.1. The van der Waals surface area contributed by atoms with Gasteiger partial charge in [0, 0.05) is 28.0 Å². The van der Waals surface area contributed by atoms with E-state index >= 15 is 0 Å². The van der Waals surface area contributed by atoms with Gasteiger partial charge in [-0.3, -0.25) is 0 Å². The molecule has 0 aliphatic heterocycles. The number of thiophene rings is 1. The smallest absolute Gasteiger partial charge is 0.334 e. The summed E-state index contributed by atoms with van der Waals surface area (Å²) in [6, 6.07) is 2.00. The van der Waals surface area contributed by atoms with Gasteiger partial charge in [0.25, 0.3) is 0 Å². The number of carbonyl (C=O) groups excluding carboxylic acids is 1. The Morgan fingerprint density at radius 1 is 1.69 bits per heavy atom. The highest BCUT2D eigenvalue weighted by molar-refractivity contribution is 9.10. The molecule has 1 N–H and O–H groups in total. The summed E-state index contributed by atoms with van der Waals surface area (Å²) >= 11 is 5.11. The molecule has 5 heteroatoms. The van der Waals surface area contributed by atoms with Crippen molar-refractivity contribution in [3.8, 4) is 0 Å². The van der Waals surface area contributed by atoms with Gasteiger partial charge >= 0.3 is 5.97 Å². The summed E-state index contributed by atoms with van der Waals surface area (Å²) in [5, 5.41) is 5.16. The van der Waals surface area contributed by atoms with E-state index in [-0.39, 0.29) is 5.97 Å². The monoisotopic (exact) mass is 303 g/mol. The van der Waals surface area contributed by atoms with Crippen molar-refractivity contribution in [2.24, 2.45) is 0 Å². The van der Waals surface area contributed by atoms with E-state index in [1.165, 1.54) is 4.88 Å². The Morgan fingerprint density at radius 2 is 2.44 bits per heavy atom. The van der Waals surface area contributed by atoms with E-state index in [2.05, 4.69) is 27.8 Å². The molecule has 1 heterocycles. The molecule has 0 atom stereocenters. The molecular formula is C11H14BrNO2S. The van der Waals surface area contributed by atoms with Gasteiger partial charge in [0.2, 0.25) is 0 Å². The Bertz CT molecular complexity index is 376. The number of hydrogen-bond donors (Lipinski definition) is 1. The fourth-order valence-electron chi connectivity index (χ4n) is 1.08. The summed E-state index contributed by atoms with van der Waals surface area (Å²) in [5.41, 5.74) is 0.453. The first-order valence-electron chi connectivity index (χ1n) is 4.92. The number of esters is 1. The van der Waals surface area contributed by atoms with Gasteiger partial charge in [-0.25, -0.2) is 4.79 Å². The van der Waals surface area contributed by atoms with Crippen LogP contribution in [0.15, 0.2) is 28.1 Å². The first-order valence-corrected chi connectivity index (χ1v) is 6.60. The molecule has 0 aliphatic carbocycles. The van der Waals surface area contributed by atoms with E-state index in [1.807, 2.05) is 11.4 Å². The van der Waals surface area contributed by atoms with Gasteiger partial charge < -0.3 is 10.1 Å². The van der Waals surface area contributed by atoms with E-state index in [0.29, 0.717) is 18.7 Å².